The van der Waals surface area contributed by atoms with Gasteiger partial charge in [0.1, 0.15) is 28.4 Å². The van der Waals surface area contributed by atoms with E-state index in [2.05, 4.69) is 30.7 Å². The van der Waals surface area contributed by atoms with Gasteiger partial charge >= 0.3 is 6.09 Å². The number of hydrogen-bond acceptors (Lipinski definition) is 11. The van der Waals surface area contributed by atoms with Crippen LogP contribution >= 0.6 is 0 Å². The van der Waals surface area contributed by atoms with Gasteiger partial charge in [0.15, 0.2) is 5.82 Å². The predicted molar refractivity (Wildman–Crippen MR) is 174 cm³/mol. The van der Waals surface area contributed by atoms with Crippen LogP contribution in [0.25, 0.3) is 0 Å². The van der Waals surface area contributed by atoms with Crippen LogP contribution in [0, 0.1) is 11.6 Å². The third-order valence-corrected chi connectivity index (χ3v) is 9.46. The second-order valence-corrected chi connectivity index (χ2v) is 14.5. The summed E-state index contributed by atoms with van der Waals surface area (Å²) in [6, 6.07) is 3.34. The molecule has 15 heteroatoms. The van der Waals surface area contributed by atoms with Crippen molar-refractivity contribution < 1.29 is 32.4 Å². The number of carbonyl (C=O) groups is 2. The Labute approximate surface area is 284 Å². The lowest BCUT2D eigenvalue weighted by molar-refractivity contribution is -0.00787. The molecule has 2 amide bonds. The number of halogens is 2. The van der Waals surface area contributed by atoms with Crippen LogP contribution in [0.1, 0.15) is 93.9 Å². The third kappa shape index (κ3) is 7.23. The summed E-state index contributed by atoms with van der Waals surface area (Å²) in [4.78, 5) is 44.9. The number of benzene rings is 1. The highest BCUT2D eigenvalue weighted by molar-refractivity contribution is 5.94. The number of nitrogens with zero attached hydrogens (tertiary/aromatic N) is 6. The highest BCUT2D eigenvalue weighted by Gasteiger charge is 2.51. The Morgan fingerprint density at radius 1 is 1.06 bits per heavy atom. The van der Waals surface area contributed by atoms with Crippen LogP contribution in [0.3, 0.4) is 0 Å². The van der Waals surface area contributed by atoms with E-state index in [1.54, 1.807) is 27.9 Å². The van der Waals surface area contributed by atoms with Gasteiger partial charge < -0.3 is 34.4 Å². The van der Waals surface area contributed by atoms with Crippen LogP contribution in [0.4, 0.5) is 19.5 Å². The Kier molecular flexibility index (Phi) is 9.35. The van der Waals surface area contributed by atoms with Gasteiger partial charge in [-0.05, 0) is 89.2 Å². The quantitative estimate of drug-likeness (QED) is 0.331. The molecule has 2 aliphatic heterocycles. The maximum atomic E-state index is 15.1. The lowest BCUT2D eigenvalue weighted by Gasteiger charge is -2.38. The van der Waals surface area contributed by atoms with Gasteiger partial charge in [0.2, 0.25) is 0 Å². The highest BCUT2D eigenvalue weighted by Crippen LogP contribution is 2.40. The van der Waals surface area contributed by atoms with Gasteiger partial charge in [-0.15, -0.1) is 0 Å². The topological polar surface area (TPSA) is 148 Å². The molecule has 3 aromatic rings. The number of amides is 2. The van der Waals surface area contributed by atoms with E-state index in [-0.39, 0.29) is 42.5 Å². The fraction of sp³-hybridized carbons (Fsp3) is 0.588. The van der Waals surface area contributed by atoms with E-state index in [4.69, 9.17) is 14.0 Å². The largest absolute Gasteiger partial charge is 0.444 e. The normalized spacial score (nSPS) is 21.9. The summed E-state index contributed by atoms with van der Waals surface area (Å²) in [5.74, 6) is -1.14. The van der Waals surface area contributed by atoms with Gasteiger partial charge in [-0.25, -0.2) is 23.5 Å². The summed E-state index contributed by atoms with van der Waals surface area (Å²) in [5, 5.41) is 10.2. The molecule has 3 fully saturated rings. The molecule has 264 valence electrons. The molecule has 2 aromatic heterocycles. The van der Waals surface area contributed by atoms with Crippen LogP contribution < -0.4 is 15.5 Å². The Hall–Kier alpha value is -4.24. The first-order valence-electron chi connectivity index (χ1n) is 16.7. The molecule has 2 saturated heterocycles. The average Bonchev–Trinajstić information content (AvgIpc) is 3.59. The second kappa shape index (κ2) is 13.2. The average molecular weight is 683 g/mol. The van der Waals surface area contributed by atoms with Gasteiger partial charge in [-0.3, -0.25) is 4.79 Å². The molecule has 2 N–H and O–H groups in total. The SMILES string of the molecule is COC(C)(C)c1nc(N2CCC(N(C(=O)c3cnc([C@]4(NC(=O)OC(C)(C)C)CNC[C@@H]4c4cc(F)ccc4F)nc3)C3CC3)CC2)no1. The second-order valence-electron chi connectivity index (χ2n) is 14.5. The summed E-state index contributed by atoms with van der Waals surface area (Å²) in [5.41, 5.74) is -2.54. The molecule has 1 saturated carbocycles. The molecule has 4 heterocycles. The highest BCUT2D eigenvalue weighted by atomic mass is 19.1. The molecule has 49 heavy (non-hydrogen) atoms. The van der Waals surface area contributed by atoms with Crippen molar-refractivity contribution in [1.29, 1.82) is 0 Å². The van der Waals surface area contributed by atoms with Gasteiger partial charge in [0.25, 0.3) is 17.7 Å². The first-order valence-corrected chi connectivity index (χ1v) is 16.7. The van der Waals surface area contributed by atoms with Crippen molar-refractivity contribution in [3.63, 3.8) is 0 Å². The molecule has 0 unspecified atom stereocenters. The van der Waals surface area contributed by atoms with E-state index in [9.17, 15) is 14.0 Å². The molecular weight excluding hydrogens is 638 g/mol. The van der Waals surface area contributed by atoms with Gasteiger partial charge in [-0.2, -0.15) is 4.98 Å². The molecule has 13 nitrogen and oxygen atoms in total. The van der Waals surface area contributed by atoms with E-state index in [1.807, 2.05) is 23.6 Å². The standard InChI is InChI=1S/C34H44F2N8O5/c1-32(2,3)48-31(46)41-34(19-37-18-25(34)24-15-21(35)7-10-26(24)36)28-38-16-20(17-39-28)27(45)44(22-8-9-22)23-11-13-43(14-12-23)30-40-29(49-42-30)33(4,5)47-6/h7,10,15-17,22-23,25,37H,8-9,11-14,18-19H2,1-6H3,(H,41,46)/t25-,34+/m1/s1. The number of hydrogen-bond donors (Lipinski definition) is 2. The van der Waals surface area contributed by atoms with E-state index >= 15 is 4.39 Å². The van der Waals surface area contributed by atoms with Crippen LogP contribution in [0.2, 0.25) is 0 Å². The predicted octanol–water partition coefficient (Wildman–Crippen LogP) is 4.40. The summed E-state index contributed by atoms with van der Waals surface area (Å²) < 4.78 is 46.0. The number of ether oxygens (including phenoxy) is 2. The zero-order valence-electron chi connectivity index (χ0n) is 28.8. The third-order valence-electron chi connectivity index (χ3n) is 9.46. The van der Waals surface area contributed by atoms with Crippen LogP contribution in [-0.2, 0) is 20.6 Å². The first-order chi connectivity index (χ1) is 23.2. The maximum Gasteiger partial charge on any atom is 0.408 e. The lowest BCUT2D eigenvalue weighted by atomic mass is 9.80. The van der Waals surface area contributed by atoms with Crippen molar-refractivity contribution in [2.75, 3.05) is 38.2 Å². The Bertz CT molecular complexity index is 1670. The van der Waals surface area contributed by atoms with E-state index in [1.165, 1.54) is 12.4 Å². The van der Waals surface area contributed by atoms with Crippen molar-refractivity contribution in [3.8, 4) is 0 Å². The fourth-order valence-corrected chi connectivity index (χ4v) is 6.60. The number of methoxy groups -OCH3 is 1. The molecule has 6 rings (SSSR count). The number of anilines is 1. The van der Waals surface area contributed by atoms with E-state index < -0.39 is 40.4 Å². The maximum absolute atomic E-state index is 15.1. The van der Waals surface area contributed by atoms with Crippen LogP contribution in [0.5, 0.6) is 0 Å². The fourth-order valence-electron chi connectivity index (χ4n) is 6.60. The number of rotatable bonds is 9. The minimum absolute atomic E-state index is 0.00254. The Morgan fingerprint density at radius 2 is 1.73 bits per heavy atom. The van der Waals surface area contributed by atoms with Crippen LogP contribution in [-0.4, -0.2) is 88.0 Å². The Balaban J connectivity index is 1.22. The number of carbonyl (C=O) groups excluding carboxylic acids is 2. The van der Waals surface area contributed by atoms with Gasteiger partial charge in [-0.1, -0.05) is 0 Å². The minimum Gasteiger partial charge on any atom is -0.444 e. The van der Waals surface area contributed by atoms with Crippen molar-refractivity contribution in [3.05, 3.63) is 65.1 Å². The summed E-state index contributed by atoms with van der Waals surface area (Å²) in [6.45, 7) is 10.5. The molecule has 3 aliphatic rings. The van der Waals surface area contributed by atoms with Crippen molar-refractivity contribution in [2.45, 2.75) is 95.0 Å². The molecule has 0 radical (unpaired) electrons. The summed E-state index contributed by atoms with van der Waals surface area (Å²) in [7, 11) is 1.59. The molecule has 1 aliphatic carbocycles. The Morgan fingerprint density at radius 3 is 2.37 bits per heavy atom. The van der Waals surface area contributed by atoms with Gasteiger partial charge in [0, 0.05) is 63.7 Å². The van der Waals surface area contributed by atoms with Crippen molar-refractivity contribution >= 4 is 17.9 Å². The number of aromatic nitrogens is 4. The van der Waals surface area contributed by atoms with Crippen LogP contribution in [0.15, 0.2) is 35.1 Å². The molecule has 1 aromatic carbocycles. The van der Waals surface area contributed by atoms with Gasteiger partial charge in [0.05, 0.1) is 5.56 Å². The number of alkyl carbamates (subject to hydrolysis) is 1. The van der Waals surface area contributed by atoms with Crippen molar-refractivity contribution in [2.24, 2.45) is 0 Å². The van der Waals surface area contributed by atoms with E-state index in [0.717, 1.165) is 31.0 Å². The zero-order valence-corrected chi connectivity index (χ0v) is 28.8. The first kappa shape index (κ1) is 34.6. The lowest BCUT2D eigenvalue weighted by Crippen LogP contribution is -2.53. The minimum atomic E-state index is -1.39. The van der Waals surface area contributed by atoms with Crippen molar-refractivity contribution in [1.82, 2.24) is 35.6 Å². The summed E-state index contributed by atoms with van der Waals surface area (Å²) in [6.07, 6.45) is 5.41. The monoisotopic (exact) mass is 682 g/mol. The summed E-state index contributed by atoms with van der Waals surface area (Å²) >= 11 is 0. The zero-order chi connectivity index (χ0) is 35.1. The molecule has 0 spiro atoms. The molecule has 2 atom stereocenters. The molecular formula is C34H44F2N8O5. The smallest absolute Gasteiger partial charge is 0.408 e. The number of nitrogens with one attached hydrogen (secondary N) is 2. The number of piperidine rings is 1. The van der Waals surface area contributed by atoms with E-state index in [0.29, 0.717) is 43.3 Å². The molecule has 0 bridgehead atoms.